The molecule has 0 aromatic heterocycles. The van der Waals surface area contributed by atoms with Crippen LogP contribution in [0.4, 0.5) is 5.69 Å². The summed E-state index contributed by atoms with van der Waals surface area (Å²) in [6.45, 7) is 0.504. The van der Waals surface area contributed by atoms with Gasteiger partial charge in [-0.25, -0.2) is 0 Å². The normalized spacial score (nSPS) is 10.0. The first kappa shape index (κ1) is 13.6. The van der Waals surface area contributed by atoms with E-state index < -0.39 is 0 Å². The molecule has 0 saturated carbocycles. The van der Waals surface area contributed by atoms with Gasteiger partial charge in [0.25, 0.3) is 5.91 Å². The van der Waals surface area contributed by atoms with Crippen LogP contribution in [0.2, 0.25) is 0 Å². The van der Waals surface area contributed by atoms with Gasteiger partial charge in [-0.2, -0.15) is 0 Å². The van der Waals surface area contributed by atoms with Crippen LogP contribution in [0.25, 0.3) is 0 Å². The number of hydrogen-bond donors (Lipinski definition) is 2. The van der Waals surface area contributed by atoms with E-state index in [9.17, 15) is 4.79 Å². The molecular formula is C15H15BrN2O. The Morgan fingerprint density at radius 2 is 1.95 bits per heavy atom. The average molecular weight is 319 g/mol. The van der Waals surface area contributed by atoms with Crippen LogP contribution in [0.15, 0.2) is 53.0 Å². The van der Waals surface area contributed by atoms with Gasteiger partial charge in [-0.1, -0.05) is 40.2 Å². The van der Waals surface area contributed by atoms with Gasteiger partial charge in [0.1, 0.15) is 0 Å². The fraction of sp³-hybridized carbons (Fsp3) is 0.133. The highest BCUT2D eigenvalue weighted by atomic mass is 79.9. The lowest BCUT2D eigenvalue weighted by Crippen LogP contribution is -2.23. The Labute approximate surface area is 121 Å². The number of nitrogens with one attached hydrogen (secondary N) is 2. The molecule has 1 amide bonds. The monoisotopic (exact) mass is 318 g/mol. The molecule has 3 nitrogen and oxygen atoms in total. The molecule has 2 aromatic rings. The second kappa shape index (κ2) is 6.38. The van der Waals surface area contributed by atoms with Crippen molar-refractivity contribution in [2.45, 2.75) is 6.54 Å². The van der Waals surface area contributed by atoms with Crippen LogP contribution in [0.5, 0.6) is 0 Å². The van der Waals surface area contributed by atoms with Gasteiger partial charge >= 0.3 is 0 Å². The molecule has 0 heterocycles. The van der Waals surface area contributed by atoms with Gasteiger partial charge in [-0.05, 0) is 29.8 Å². The molecule has 2 rings (SSSR count). The summed E-state index contributed by atoms with van der Waals surface area (Å²) in [5.41, 5.74) is 2.63. The van der Waals surface area contributed by atoms with Crippen LogP contribution in [0, 0.1) is 0 Å². The van der Waals surface area contributed by atoms with Gasteiger partial charge in [-0.15, -0.1) is 0 Å². The molecule has 19 heavy (non-hydrogen) atoms. The third-order valence-corrected chi connectivity index (χ3v) is 3.58. The van der Waals surface area contributed by atoms with E-state index in [1.807, 2.05) is 49.5 Å². The predicted molar refractivity (Wildman–Crippen MR) is 81.3 cm³/mol. The van der Waals surface area contributed by atoms with Crippen LogP contribution >= 0.6 is 15.9 Å². The zero-order valence-corrected chi connectivity index (χ0v) is 12.2. The van der Waals surface area contributed by atoms with Crippen molar-refractivity contribution in [3.63, 3.8) is 0 Å². The minimum Gasteiger partial charge on any atom is -0.388 e. The zero-order valence-electron chi connectivity index (χ0n) is 10.6. The van der Waals surface area contributed by atoms with Gasteiger partial charge in [0.2, 0.25) is 0 Å². The lowest BCUT2D eigenvalue weighted by molar-refractivity contribution is 0.0951. The lowest BCUT2D eigenvalue weighted by atomic mass is 10.1. The summed E-state index contributed by atoms with van der Waals surface area (Å²) in [7, 11) is 1.83. The molecule has 0 fully saturated rings. The molecule has 0 saturated heterocycles. The number of benzene rings is 2. The Morgan fingerprint density at radius 1 is 1.16 bits per heavy atom. The first-order chi connectivity index (χ1) is 9.20. The highest BCUT2D eigenvalue weighted by Gasteiger charge is 2.06. The summed E-state index contributed by atoms with van der Waals surface area (Å²) in [6.07, 6.45) is 0. The van der Waals surface area contributed by atoms with Crippen LogP contribution in [-0.4, -0.2) is 13.0 Å². The second-order valence-electron chi connectivity index (χ2n) is 4.10. The van der Waals surface area contributed by atoms with E-state index in [2.05, 4.69) is 26.6 Å². The standard InChI is InChI=1S/C15H15BrN2O/c1-17-13-7-4-6-11(9-13)15(19)18-10-12-5-2-3-8-14(12)16/h2-9,17H,10H2,1H3,(H,18,19). The van der Waals surface area contributed by atoms with Crippen molar-refractivity contribution in [2.75, 3.05) is 12.4 Å². The fourth-order valence-corrected chi connectivity index (χ4v) is 2.16. The molecule has 0 aliphatic carbocycles. The maximum atomic E-state index is 12.0. The van der Waals surface area contributed by atoms with Crippen LogP contribution in [0.1, 0.15) is 15.9 Å². The average Bonchev–Trinajstić information content (AvgIpc) is 2.46. The molecule has 2 N–H and O–H groups in total. The van der Waals surface area contributed by atoms with Crippen molar-refractivity contribution < 1.29 is 4.79 Å². The Morgan fingerprint density at radius 3 is 2.68 bits per heavy atom. The largest absolute Gasteiger partial charge is 0.388 e. The Hall–Kier alpha value is -1.81. The van der Waals surface area contributed by atoms with Gasteiger partial charge in [0, 0.05) is 29.3 Å². The van der Waals surface area contributed by atoms with Gasteiger partial charge in [0.15, 0.2) is 0 Å². The molecule has 0 unspecified atom stereocenters. The van der Waals surface area contributed by atoms with Crippen molar-refractivity contribution >= 4 is 27.5 Å². The predicted octanol–water partition coefficient (Wildman–Crippen LogP) is 3.42. The first-order valence-electron chi connectivity index (χ1n) is 6.00. The maximum absolute atomic E-state index is 12.0. The van der Waals surface area contributed by atoms with E-state index in [0.717, 1.165) is 15.7 Å². The highest BCUT2D eigenvalue weighted by Crippen LogP contribution is 2.16. The molecule has 4 heteroatoms. The fourth-order valence-electron chi connectivity index (χ4n) is 1.74. The summed E-state index contributed by atoms with van der Waals surface area (Å²) in [5, 5.41) is 5.93. The quantitative estimate of drug-likeness (QED) is 0.907. The molecule has 98 valence electrons. The summed E-state index contributed by atoms with van der Waals surface area (Å²) < 4.78 is 0.999. The van der Waals surface area contributed by atoms with E-state index in [1.54, 1.807) is 6.07 Å². The second-order valence-corrected chi connectivity index (χ2v) is 4.96. The van der Waals surface area contributed by atoms with Crippen molar-refractivity contribution in [3.8, 4) is 0 Å². The van der Waals surface area contributed by atoms with E-state index in [1.165, 1.54) is 0 Å². The third kappa shape index (κ3) is 3.58. The zero-order chi connectivity index (χ0) is 13.7. The summed E-state index contributed by atoms with van der Waals surface area (Å²) in [4.78, 5) is 12.0. The van der Waals surface area contributed by atoms with Crippen molar-refractivity contribution in [1.82, 2.24) is 5.32 Å². The molecule has 0 spiro atoms. The minimum absolute atomic E-state index is 0.0761. The van der Waals surface area contributed by atoms with Crippen LogP contribution < -0.4 is 10.6 Å². The van der Waals surface area contributed by atoms with E-state index in [4.69, 9.17) is 0 Å². The molecule has 0 aliphatic heterocycles. The molecule has 0 bridgehead atoms. The summed E-state index contributed by atoms with van der Waals surface area (Å²) in [5.74, 6) is -0.0761. The number of carbonyl (C=O) groups is 1. The topological polar surface area (TPSA) is 41.1 Å². The van der Waals surface area contributed by atoms with Gasteiger partial charge < -0.3 is 10.6 Å². The summed E-state index contributed by atoms with van der Waals surface area (Å²) in [6, 6.07) is 15.3. The van der Waals surface area contributed by atoms with Crippen molar-refractivity contribution in [3.05, 3.63) is 64.1 Å². The number of rotatable bonds is 4. The lowest BCUT2D eigenvalue weighted by Gasteiger charge is -2.08. The van der Waals surface area contributed by atoms with Crippen molar-refractivity contribution in [2.24, 2.45) is 0 Å². The SMILES string of the molecule is CNc1cccc(C(=O)NCc2ccccc2Br)c1. The Kier molecular flexibility index (Phi) is 4.58. The number of carbonyl (C=O) groups excluding carboxylic acids is 1. The van der Waals surface area contributed by atoms with Crippen LogP contribution in [0.3, 0.4) is 0 Å². The minimum atomic E-state index is -0.0761. The smallest absolute Gasteiger partial charge is 0.251 e. The third-order valence-electron chi connectivity index (χ3n) is 2.81. The number of hydrogen-bond acceptors (Lipinski definition) is 2. The van der Waals surface area contributed by atoms with E-state index in [0.29, 0.717) is 12.1 Å². The Bertz CT molecular complexity index is 584. The molecule has 0 aliphatic rings. The highest BCUT2D eigenvalue weighted by molar-refractivity contribution is 9.10. The Balaban J connectivity index is 2.03. The van der Waals surface area contributed by atoms with E-state index >= 15 is 0 Å². The van der Waals surface area contributed by atoms with E-state index in [-0.39, 0.29) is 5.91 Å². The van der Waals surface area contributed by atoms with Crippen LogP contribution in [-0.2, 0) is 6.54 Å². The van der Waals surface area contributed by atoms with Gasteiger partial charge in [0.05, 0.1) is 0 Å². The number of halogens is 1. The molecule has 0 radical (unpaired) electrons. The summed E-state index contributed by atoms with van der Waals surface area (Å²) >= 11 is 3.46. The molecular weight excluding hydrogens is 304 g/mol. The molecule has 2 aromatic carbocycles. The first-order valence-corrected chi connectivity index (χ1v) is 6.79. The van der Waals surface area contributed by atoms with Crippen molar-refractivity contribution in [1.29, 1.82) is 0 Å². The molecule has 0 atom stereocenters. The number of anilines is 1. The van der Waals surface area contributed by atoms with Gasteiger partial charge in [-0.3, -0.25) is 4.79 Å². The maximum Gasteiger partial charge on any atom is 0.251 e. The number of amides is 1.